The van der Waals surface area contributed by atoms with Crippen LogP contribution in [0.1, 0.15) is 11.1 Å². The van der Waals surface area contributed by atoms with Gasteiger partial charge in [-0.15, -0.1) is 0 Å². The summed E-state index contributed by atoms with van der Waals surface area (Å²) in [7, 11) is 1.57. The number of methoxy groups -OCH3 is 1. The molecule has 7 nitrogen and oxygen atoms in total. The molecule has 0 atom stereocenters. The van der Waals surface area contributed by atoms with Gasteiger partial charge in [0, 0.05) is 12.1 Å². The number of halogens is 1. The Hall–Kier alpha value is -3.00. The van der Waals surface area contributed by atoms with Gasteiger partial charge in [-0.05, 0) is 23.8 Å². The van der Waals surface area contributed by atoms with Crippen molar-refractivity contribution in [3.05, 3.63) is 69.5 Å². The smallest absolute Gasteiger partial charge is 0.269 e. The molecule has 2 aromatic rings. The molecule has 1 N–H and O–H groups in total. The summed E-state index contributed by atoms with van der Waals surface area (Å²) in [6, 6.07) is 10.6. The molecule has 1 saturated heterocycles. The van der Waals surface area contributed by atoms with Crippen LogP contribution >= 0.6 is 0 Å². The number of hydrogen-bond acceptors (Lipinski definition) is 4. The van der Waals surface area contributed by atoms with Crippen molar-refractivity contribution in [3.63, 3.8) is 0 Å². The van der Waals surface area contributed by atoms with Crippen LogP contribution in [0.4, 0.5) is 10.1 Å². The molecule has 1 fully saturated rings. The van der Waals surface area contributed by atoms with Crippen molar-refractivity contribution in [2.75, 3.05) is 33.3 Å². The van der Waals surface area contributed by atoms with Crippen LogP contribution in [0.25, 0.3) is 0 Å². The Balaban J connectivity index is 1.53. The van der Waals surface area contributed by atoms with Crippen LogP contribution in [0.3, 0.4) is 0 Å². The Morgan fingerprint density at radius 3 is 2.50 bits per heavy atom. The van der Waals surface area contributed by atoms with Crippen LogP contribution < -0.4 is 9.64 Å². The monoisotopic (exact) mass is 388 g/mol. The van der Waals surface area contributed by atoms with Gasteiger partial charge in [-0.2, -0.15) is 0 Å². The van der Waals surface area contributed by atoms with Crippen LogP contribution in [-0.2, 0) is 17.8 Å². The van der Waals surface area contributed by atoms with E-state index in [1.165, 1.54) is 29.2 Å². The molecule has 1 heterocycles. The molecule has 1 aliphatic rings. The minimum absolute atomic E-state index is 0.0104. The molecule has 8 heteroatoms. The number of ether oxygens (including phenoxy) is 1. The summed E-state index contributed by atoms with van der Waals surface area (Å²) in [6.45, 7) is 3.43. The SMILES string of the molecule is COc1ccc(F)cc1C[NH+]1CCN(C(=O)Cc2ccc([N+](=O)[O-])cc2)CC1. The molecule has 28 heavy (non-hydrogen) atoms. The van der Waals surface area contributed by atoms with E-state index in [9.17, 15) is 19.3 Å². The van der Waals surface area contributed by atoms with Gasteiger partial charge in [-0.25, -0.2) is 4.39 Å². The normalized spacial score (nSPS) is 14.7. The first-order valence-electron chi connectivity index (χ1n) is 9.13. The Kier molecular flexibility index (Phi) is 6.20. The first-order valence-corrected chi connectivity index (χ1v) is 9.13. The van der Waals surface area contributed by atoms with Gasteiger partial charge in [0.1, 0.15) is 18.1 Å². The van der Waals surface area contributed by atoms with Gasteiger partial charge < -0.3 is 14.5 Å². The summed E-state index contributed by atoms with van der Waals surface area (Å²) in [6.07, 6.45) is 0.227. The Morgan fingerprint density at radius 2 is 1.89 bits per heavy atom. The number of rotatable bonds is 6. The molecule has 0 bridgehead atoms. The van der Waals surface area contributed by atoms with Gasteiger partial charge in [0.25, 0.3) is 5.69 Å². The molecule has 3 rings (SSSR count). The molecule has 1 aliphatic heterocycles. The number of nitro benzene ring substituents is 1. The predicted molar refractivity (Wildman–Crippen MR) is 101 cm³/mol. The molecular weight excluding hydrogens is 365 g/mol. The quantitative estimate of drug-likeness (QED) is 0.596. The fraction of sp³-hybridized carbons (Fsp3) is 0.350. The fourth-order valence-corrected chi connectivity index (χ4v) is 3.43. The number of nitrogens with one attached hydrogen (secondary N) is 1. The van der Waals surface area contributed by atoms with Crippen LogP contribution in [0.2, 0.25) is 0 Å². The maximum absolute atomic E-state index is 13.5. The third kappa shape index (κ3) is 4.83. The Bertz CT molecular complexity index is 849. The zero-order chi connectivity index (χ0) is 20.1. The maximum atomic E-state index is 13.5. The van der Waals surface area contributed by atoms with Crippen LogP contribution in [-0.4, -0.2) is 49.0 Å². The highest BCUT2D eigenvalue weighted by Crippen LogP contribution is 2.18. The first kappa shape index (κ1) is 19.8. The third-order valence-corrected chi connectivity index (χ3v) is 5.01. The van der Waals surface area contributed by atoms with E-state index < -0.39 is 4.92 Å². The van der Waals surface area contributed by atoms with E-state index in [1.54, 1.807) is 25.3 Å². The number of carbonyl (C=O) groups excluding carboxylic acids is 1. The predicted octanol–water partition coefficient (Wildman–Crippen LogP) is 1.21. The van der Waals surface area contributed by atoms with Crippen LogP contribution in [0, 0.1) is 15.9 Å². The van der Waals surface area contributed by atoms with Gasteiger partial charge >= 0.3 is 0 Å². The number of nitro groups is 1. The molecule has 0 radical (unpaired) electrons. The van der Waals surface area contributed by atoms with Crippen LogP contribution in [0.5, 0.6) is 5.75 Å². The lowest BCUT2D eigenvalue weighted by atomic mass is 10.1. The molecule has 0 aromatic heterocycles. The van der Waals surface area contributed by atoms with E-state index in [4.69, 9.17) is 4.74 Å². The number of hydrogen-bond donors (Lipinski definition) is 1. The first-order chi connectivity index (χ1) is 13.5. The summed E-state index contributed by atoms with van der Waals surface area (Å²) in [4.78, 5) is 25.8. The molecule has 0 spiro atoms. The topological polar surface area (TPSA) is 77.1 Å². The lowest BCUT2D eigenvalue weighted by Gasteiger charge is -2.32. The highest BCUT2D eigenvalue weighted by atomic mass is 19.1. The molecule has 0 aliphatic carbocycles. The number of piperazine rings is 1. The molecule has 1 amide bonds. The lowest BCUT2D eigenvalue weighted by Crippen LogP contribution is -3.13. The fourth-order valence-electron chi connectivity index (χ4n) is 3.43. The van der Waals surface area contributed by atoms with Gasteiger partial charge in [0.2, 0.25) is 5.91 Å². The van der Waals surface area contributed by atoms with Crippen molar-refractivity contribution >= 4 is 11.6 Å². The second-order valence-electron chi connectivity index (χ2n) is 6.86. The lowest BCUT2D eigenvalue weighted by molar-refractivity contribution is -0.917. The average Bonchev–Trinajstić information content (AvgIpc) is 2.69. The van der Waals surface area contributed by atoms with E-state index in [1.807, 2.05) is 4.90 Å². The summed E-state index contributed by atoms with van der Waals surface area (Å²) in [5, 5.41) is 10.7. The number of nitrogens with zero attached hydrogens (tertiary/aromatic N) is 2. The molecular formula is C20H23FN3O4+. The molecule has 148 valence electrons. The Morgan fingerprint density at radius 1 is 1.21 bits per heavy atom. The molecule has 0 saturated carbocycles. The van der Waals surface area contributed by atoms with Crippen LogP contribution in [0.15, 0.2) is 42.5 Å². The Labute approximate surface area is 162 Å². The number of amides is 1. The standard InChI is InChI=1S/C20H22FN3O4/c1-28-19-7-4-17(21)13-16(19)14-22-8-10-23(11-9-22)20(25)12-15-2-5-18(6-3-15)24(26)27/h2-7,13H,8-12,14H2,1H3/p+1. The third-order valence-electron chi connectivity index (χ3n) is 5.01. The van der Waals surface area contributed by atoms with Crippen molar-refractivity contribution in [1.82, 2.24) is 4.90 Å². The van der Waals surface area contributed by atoms with E-state index in [0.717, 1.165) is 24.2 Å². The van der Waals surface area contributed by atoms with Gasteiger partial charge in [0.15, 0.2) is 0 Å². The van der Waals surface area contributed by atoms with Crippen molar-refractivity contribution in [3.8, 4) is 5.75 Å². The van der Waals surface area contributed by atoms with E-state index in [-0.39, 0.29) is 23.8 Å². The van der Waals surface area contributed by atoms with Crippen molar-refractivity contribution in [2.24, 2.45) is 0 Å². The minimum atomic E-state index is -0.457. The highest BCUT2D eigenvalue weighted by molar-refractivity contribution is 5.78. The van der Waals surface area contributed by atoms with E-state index in [2.05, 4.69) is 0 Å². The maximum Gasteiger partial charge on any atom is 0.269 e. The van der Waals surface area contributed by atoms with Gasteiger partial charge in [-0.3, -0.25) is 14.9 Å². The number of benzene rings is 2. The average molecular weight is 388 g/mol. The number of quaternary nitrogens is 1. The summed E-state index contributed by atoms with van der Waals surface area (Å²) < 4.78 is 18.8. The van der Waals surface area contributed by atoms with E-state index in [0.29, 0.717) is 25.4 Å². The molecule has 0 unspecified atom stereocenters. The second-order valence-corrected chi connectivity index (χ2v) is 6.86. The summed E-state index contributed by atoms with van der Waals surface area (Å²) in [5.41, 5.74) is 1.60. The summed E-state index contributed by atoms with van der Waals surface area (Å²) in [5.74, 6) is 0.397. The van der Waals surface area contributed by atoms with Gasteiger partial charge in [0.05, 0.1) is 50.2 Å². The zero-order valence-corrected chi connectivity index (χ0v) is 15.7. The van der Waals surface area contributed by atoms with E-state index >= 15 is 0 Å². The van der Waals surface area contributed by atoms with Crippen molar-refractivity contribution in [1.29, 1.82) is 0 Å². The minimum Gasteiger partial charge on any atom is -0.496 e. The number of non-ortho nitro benzene ring substituents is 1. The van der Waals surface area contributed by atoms with Crippen molar-refractivity contribution < 1.29 is 23.7 Å². The van der Waals surface area contributed by atoms with Gasteiger partial charge in [-0.1, -0.05) is 12.1 Å². The zero-order valence-electron chi connectivity index (χ0n) is 15.7. The largest absolute Gasteiger partial charge is 0.496 e. The molecule has 2 aromatic carbocycles. The highest BCUT2D eigenvalue weighted by Gasteiger charge is 2.24. The van der Waals surface area contributed by atoms with Crippen molar-refractivity contribution in [2.45, 2.75) is 13.0 Å². The number of carbonyl (C=O) groups is 1. The second kappa shape index (κ2) is 8.79. The summed E-state index contributed by atoms with van der Waals surface area (Å²) >= 11 is 0.